The third kappa shape index (κ3) is 5.19. The molecule has 9 heteroatoms. The minimum absolute atomic E-state index is 0.108. The zero-order chi connectivity index (χ0) is 24.6. The summed E-state index contributed by atoms with van der Waals surface area (Å²) in [7, 11) is -3.02. The molecule has 1 saturated heterocycles. The highest BCUT2D eigenvalue weighted by molar-refractivity contribution is 7.91. The molecule has 8 nitrogen and oxygen atoms in total. The molecule has 186 valence electrons. The fourth-order valence-corrected chi connectivity index (χ4v) is 6.70. The average Bonchev–Trinajstić information content (AvgIpc) is 3.18. The quantitative estimate of drug-likeness (QED) is 0.571. The van der Waals surface area contributed by atoms with Gasteiger partial charge in [0, 0.05) is 24.5 Å². The van der Waals surface area contributed by atoms with E-state index in [1.165, 1.54) is 12.8 Å². The number of anilines is 1. The van der Waals surface area contributed by atoms with Gasteiger partial charge < -0.3 is 5.32 Å². The Labute approximate surface area is 206 Å². The van der Waals surface area contributed by atoms with Crippen LogP contribution in [-0.2, 0) is 9.84 Å². The van der Waals surface area contributed by atoms with Gasteiger partial charge in [-0.05, 0) is 75.1 Å². The molecule has 3 aromatic rings. The number of rotatable bonds is 5. The zero-order valence-electron chi connectivity index (χ0n) is 20.4. The Morgan fingerprint density at radius 2 is 1.77 bits per heavy atom. The SMILES string of the molecule is Cc1cccc(-n2c(-c3ccnc(N[C@H]4CC[C@H](C)CC4)n3)cn(C3CCS(=O)(=O)CC3)c2=O)c1. The molecule has 0 spiro atoms. The molecule has 35 heavy (non-hydrogen) atoms. The molecule has 1 N–H and O–H groups in total. The molecule has 5 rings (SSSR count). The first-order valence-corrected chi connectivity index (χ1v) is 14.3. The number of benzene rings is 1. The molecule has 1 saturated carbocycles. The number of hydrogen-bond acceptors (Lipinski definition) is 6. The highest BCUT2D eigenvalue weighted by atomic mass is 32.2. The Bertz CT molecular complexity index is 1360. The first-order chi connectivity index (χ1) is 16.8. The molecule has 0 radical (unpaired) electrons. The number of nitrogens with zero attached hydrogens (tertiary/aromatic N) is 4. The largest absolute Gasteiger partial charge is 0.351 e. The maximum Gasteiger partial charge on any atom is 0.333 e. The molecular weight excluding hydrogens is 462 g/mol. The van der Waals surface area contributed by atoms with E-state index in [-0.39, 0.29) is 23.2 Å². The van der Waals surface area contributed by atoms with Crippen molar-refractivity contribution in [1.29, 1.82) is 0 Å². The van der Waals surface area contributed by atoms with Crippen molar-refractivity contribution < 1.29 is 8.42 Å². The second-order valence-electron chi connectivity index (χ2n) is 10.1. The van der Waals surface area contributed by atoms with Crippen LogP contribution in [0.4, 0.5) is 5.95 Å². The van der Waals surface area contributed by atoms with Gasteiger partial charge in [-0.1, -0.05) is 19.1 Å². The van der Waals surface area contributed by atoms with Crippen LogP contribution in [0.1, 0.15) is 57.1 Å². The summed E-state index contributed by atoms with van der Waals surface area (Å²) >= 11 is 0. The predicted octanol–water partition coefficient (Wildman–Crippen LogP) is 4.14. The highest BCUT2D eigenvalue weighted by Gasteiger charge is 2.28. The van der Waals surface area contributed by atoms with Crippen LogP contribution < -0.4 is 11.0 Å². The van der Waals surface area contributed by atoms with Crippen LogP contribution in [-0.4, -0.2) is 45.1 Å². The standard InChI is InChI=1S/C26H33N5O3S/c1-18-6-8-20(9-7-18)28-25-27-13-10-23(29-25)24-17-30(21-11-14-35(33,34)15-12-21)26(32)31(24)22-5-3-4-19(2)16-22/h3-5,10,13,16-18,20-21H,6-9,11-12,14-15H2,1-2H3,(H,27,28,29)/t18-,20-. The van der Waals surface area contributed by atoms with Crippen LogP contribution in [0.3, 0.4) is 0 Å². The van der Waals surface area contributed by atoms with E-state index in [4.69, 9.17) is 4.98 Å². The van der Waals surface area contributed by atoms with E-state index in [2.05, 4.69) is 17.2 Å². The van der Waals surface area contributed by atoms with Gasteiger partial charge in [-0.3, -0.25) is 9.13 Å². The van der Waals surface area contributed by atoms with E-state index in [1.54, 1.807) is 15.3 Å². The van der Waals surface area contributed by atoms with Crippen LogP contribution in [0.2, 0.25) is 0 Å². The Kier molecular flexibility index (Phi) is 6.53. The van der Waals surface area contributed by atoms with Gasteiger partial charge in [0.25, 0.3) is 0 Å². The average molecular weight is 496 g/mol. The van der Waals surface area contributed by atoms with Gasteiger partial charge in [-0.25, -0.2) is 23.2 Å². The maximum absolute atomic E-state index is 13.7. The van der Waals surface area contributed by atoms with Crippen molar-refractivity contribution in [2.75, 3.05) is 16.8 Å². The van der Waals surface area contributed by atoms with E-state index < -0.39 is 9.84 Å². The summed E-state index contributed by atoms with van der Waals surface area (Å²) in [5.41, 5.74) is 2.98. The lowest BCUT2D eigenvalue weighted by molar-refractivity contribution is 0.360. The van der Waals surface area contributed by atoms with Gasteiger partial charge in [0.2, 0.25) is 5.95 Å². The third-order valence-corrected chi connectivity index (χ3v) is 9.07. The van der Waals surface area contributed by atoms with Gasteiger partial charge in [-0.2, -0.15) is 0 Å². The van der Waals surface area contributed by atoms with Crippen molar-refractivity contribution in [2.45, 2.75) is 64.5 Å². The topological polar surface area (TPSA) is 98.9 Å². The fourth-order valence-electron chi connectivity index (χ4n) is 5.24. The molecular formula is C26H33N5O3S. The Morgan fingerprint density at radius 3 is 2.49 bits per heavy atom. The van der Waals surface area contributed by atoms with Crippen molar-refractivity contribution in [1.82, 2.24) is 19.1 Å². The van der Waals surface area contributed by atoms with Gasteiger partial charge in [0.1, 0.15) is 9.84 Å². The Balaban J connectivity index is 1.53. The minimum atomic E-state index is -3.02. The van der Waals surface area contributed by atoms with Gasteiger partial charge in [-0.15, -0.1) is 0 Å². The first kappa shape index (κ1) is 23.8. The van der Waals surface area contributed by atoms with Crippen molar-refractivity contribution >= 4 is 15.8 Å². The molecule has 1 aliphatic carbocycles. The molecule has 1 aromatic carbocycles. The number of aromatic nitrogens is 4. The van der Waals surface area contributed by atoms with E-state index in [9.17, 15) is 13.2 Å². The van der Waals surface area contributed by atoms with Crippen LogP contribution in [0.5, 0.6) is 0 Å². The summed E-state index contributed by atoms with van der Waals surface area (Å²) in [5.74, 6) is 1.55. The normalized spacial score (nSPS) is 22.7. The molecule has 2 aliphatic rings. The number of sulfone groups is 1. The van der Waals surface area contributed by atoms with Crippen LogP contribution in [0, 0.1) is 12.8 Å². The van der Waals surface area contributed by atoms with Crippen molar-refractivity contribution in [3.8, 4) is 17.1 Å². The Hall–Kier alpha value is -2.94. The van der Waals surface area contributed by atoms with E-state index in [0.29, 0.717) is 36.2 Å². The summed E-state index contributed by atoms with van der Waals surface area (Å²) in [6.45, 7) is 4.29. The summed E-state index contributed by atoms with van der Waals surface area (Å²) in [6, 6.07) is 9.84. The molecule has 3 heterocycles. The summed E-state index contributed by atoms with van der Waals surface area (Å²) < 4.78 is 27.3. The first-order valence-electron chi connectivity index (χ1n) is 12.5. The molecule has 2 aromatic heterocycles. The maximum atomic E-state index is 13.7. The van der Waals surface area contributed by atoms with Crippen molar-refractivity contribution in [3.05, 3.63) is 58.8 Å². The fraction of sp³-hybridized carbons (Fsp3) is 0.500. The van der Waals surface area contributed by atoms with Crippen LogP contribution in [0.25, 0.3) is 17.1 Å². The lowest BCUT2D eigenvalue weighted by Crippen LogP contribution is -2.32. The number of nitrogens with one attached hydrogen (secondary N) is 1. The van der Waals surface area contributed by atoms with Crippen LogP contribution in [0.15, 0.2) is 47.5 Å². The second kappa shape index (κ2) is 9.60. The van der Waals surface area contributed by atoms with E-state index in [1.807, 2.05) is 43.5 Å². The summed E-state index contributed by atoms with van der Waals surface area (Å²) in [4.78, 5) is 22.9. The van der Waals surface area contributed by atoms with Crippen molar-refractivity contribution in [2.24, 2.45) is 5.92 Å². The third-order valence-electron chi connectivity index (χ3n) is 7.36. The van der Waals surface area contributed by atoms with Crippen LogP contribution >= 0.6 is 0 Å². The van der Waals surface area contributed by atoms with Gasteiger partial charge in [0.15, 0.2) is 0 Å². The smallest absolute Gasteiger partial charge is 0.333 e. The molecule has 0 bridgehead atoms. The Morgan fingerprint density at radius 1 is 1.03 bits per heavy atom. The van der Waals surface area contributed by atoms with Gasteiger partial charge in [0.05, 0.1) is 28.6 Å². The summed E-state index contributed by atoms with van der Waals surface area (Å²) in [6.07, 6.45) is 9.04. The number of imidazole rings is 1. The number of aryl methyl sites for hydroxylation is 1. The second-order valence-corrected chi connectivity index (χ2v) is 12.4. The number of hydrogen-bond donors (Lipinski definition) is 1. The zero-order valence-corrected chi connectivity index (χ0v) is 21.2. The van der Waals surface area contributed by atoms with Crippen molar-refractivity contribution in [3.63, 3.8) is 0 Å². The molecule has 0 unspecified atom stereocenters. The minimum Gasteiger partial charge on any atom is -0.351 e. The van der Waals surface area contributed by atoms with Gasteiger partial charge >= 0.3 is 5.69 Å². The lowest BCUT2D eigenvalue weighted by Gasteiger charge is -2.26. The molecule has 0 atom stereocenters. The van der Waals surface area contributed by atoms with E-state index >= 15 is 0 Å². The van der Waals surface area contributed by atoms with E-state index in [0.717, 1.165) is 30.0 Å². The predicted molar refractivity (Wildman–Crippen MR) is 138 cm³/mol. The molecule has 0 amide bonds. The lowest BCUT2D eigenvalue weighted by atomic mass is 9.87. The monoisotopic (exact) mass is 495 g/mol. The molecule has 2 fully saturated rings. The molecule has 1 aliphatic heterocycles. The summed E-state index contributed by atoms with van der Waals surface area (Å²) in [5, 5.41) is 3.49. The highest BCUT2D eigenvalue weighted by Crippen LogP contribution is 2.29.